The van der Waals surface area contributed by atoms with Crippen LogP contribution in [-0.2, 0) is 14.6 Å². The zero-order chi connectivity index (χ0) is 8.53. The van der Waals surface area contributed by atoms with E-state index in [1.165, 1.54) is 0 Å². The van der Waals surface area contributed by atoms with Crippen LogP contribution < -0.4 is 5.73 Å². The molecule has 0 radical (unpaired) electrons. The van der Waals surface area contributed by atoms with Crippen molar-refractivity contribution in [2.45, 2.75) is 12.8 Å². The van der Waals surface area contributed by atoms with E-state index in [2.05, 4.69) is 15.5 Å². The molecule has 0 bridgehead atoms. The molecule has 0 spiro atoms. The molecular weight excluding hydrogens is 150 g/mol. The molecule has 0 aliphatic carbocycles. The standard InChI is InChI=1S/C4H8O2.C2H5NO2/c1-2-4-6-5-3-1;3-1-2(4)5/h1-4H2;1,3H2,(H,4,5). The van der Waals surface area contributed by atoms with Crippen LogP contribution in [0.4, 0.5) is 0 Å². The van der Waals surface area contributed by atoms with Crippen molar-refractivity contribution in [1.82, 2.24) is 0 Å². The molecule has 0 aromatic heterocycles. The lowest BCUT2D eigenvalue weighted by Gasteiger charge is -2.07. The third-order valence-corrected chi connectivity index (χ3v) is 0.963. The molecule has 3 N–H and O–H groups in total. The van der Waals surface area contributed by atoms with E-state index in [0.29, 0.717) is 0 Å². The van der Waals surface area contributed by atoms with Gasteiger partial charge in [0.1, 0.15) is 0 Å². The molecule has 11 heavy (non-hydrogen) atoms. The first-order valence-corrected chi connectivity index (χ1v) is 3.43. The molecule has 0 saturated carbocycles. The van der Waals surface area contributed by atoms with Gasteiger partial charge in [0.15, 0.2) is 0 Å². The molecule has 1 fully saturated rings. The Morgan fingerprint density at radius 1 is 1.36 bits per heavy atom. The van der Waals surface area contributed by atoms with Crippen molar-refractivity contribution >= 4 is 5.97 Å². The van der Waals surface area contributed by atoms with Crippen LogP contribution in [0.15, 0.2) is 0 Å². The number of aliphatic carboxylic acids is 1. The van der Waals surface area contributed by atoms with Gasteiger partial charge in [-0.1, -0.05) is 0 Å². The summed E-state index contributed by atoms with van der Waals surface area (Å²) in [6, 6.07) is 0. The summed E-state index contributed by atoms with van der Waals surface area (Å²) >= 11 is 0. The van der Waals surface area contributed by atoms with Gasteiger partial charge < -0.3 is 10.8 Å². The molecule has 0 aromatic rings. The first kappa shape index (κ1) is 10.3. The molecule has 1 saturated heterocycles. The predicted molar refractivity (Wildman–Crippen MR) is 37.8 cm³/mol. The van der Waals surface area contributed by atoms with E-state index in [-0.39, 0.29) is 6.54 Å². The maximum atomic E-state index is 9.24. The Balaban J connectivity index is 0.000000187. The van der Waals surface area contributed by atoms with Crippen LogP contribution in [-0.4, -0.2) is 30.8 Å². The Morgan fingerprint density at radius 2 is 1.73 bits per heavy atom. The Hall–Kier alpha value is -0.650. The number of carboxylic acid groups (broad SMARTS) is 1. The Kier molecular flexibility index (Phi) is 7.02. The van der Waals surface area contributed by atoms with Crippen LogP contribution >= 0.6 is 0 Å². The quantitative estimate of drug-likeness (QED) is 0.521. The Labute approximate surface area is 65.0 Å². The Bertz CT molecular complexity index is 91.2. The average Bonchev–Trinajstić information content (AvgIpc) is 2.09. The molecule has 5 nitrogen and oxygen atoms in total. The van der Waals surface area contributed by atoms with Crippen LogP contribution in [0.2, 0.25) is 0 Å². The fraction of sp³-hybridized carbons (Fsp3) is 0.833. The van der Waals surface area contributed by atoms with E-state index in [1.54, 1.807) is 0 Å². The highest BCUT2D eigenvalue weighted by Gasteiger charge is 1.95. The number of hydrogen-bond donors (Lipinski definition) is 2. The number of nitrogens with two attached hydrogens (primary N) is 1. The van der Waals surface area contributed by atoms with Crippen LogP contribution in [0.1, 0.15) is 12.8 Å². The molecule has 1 aliphatic heterocycles. The lowest BCUT2D eigenvalue weighted by molar-refractivity contribution is -0.312. The summed E-state index contributed by atoms with van der Waals surface area (Å²) in [4.78, 5) is 18.4. The minimum Gasteiger partial charge on any atom is -0.480 e. The molecule has 1 heterocycles. The largest absolute Gasteiger partial charge is 0.480 e. The fourth-order valence-electron chi connectivity index (χ4n) is 0.440. The monoisotopic (exact) mass is 163 g/mol. The summed E-state index contributed by atoms with van der Waals surface area (Å²) in [6.07, 6.45) is 2.31. The molecule has 0 unspecified atom stereocenters. The van der Waals surface area contributed by atoms with Gasteiger partial charge >= 0.3 is 5.97 Å². The van der Waals surface area contributed by atoms with Gasteiger partial charge in [-0.05, 0) is 12.8 Å². The van der Waals surface area contributed by atoms with E-state index < -0.39 is 5.97 Å². The molecule has 5 heteroatoms. The average molecular weight is 163 g/mol. The smallest absolute Gasteiger partial charge is 0.317 e. The molecular formula is C6H13NO4. The van der Waals surface area contributed by atoms with Gasteiger partial charge in [0.2, 0.25) is 0 Å². The van der Waals surface area contributed by atoms with E-state index in [0.717, 1.165) is 26.1 Å². The number of rotatable bonds is 1. The summed E-state index contributed by atoms with van der Waals surface area (Å²) in [5, 5.41) is 7.60. The van der Waals surface area contributed by atoms with Crippen LogP contribution in [0.5, 0.6) is 0 Å². The third kappa shape index (κ3) is 9.35. The van der Waals surface area contributed by atoms with Gasteiger partial charge in [-0.15, -0.1) is 0 Å². The third-order valence-electron chi connectivity index (χ3n) is 0.963. The Morgan fingerprint density at radius 3 is 1.82 bits per heavy atom. The second-order valence-corrected chi connectivity index (χ2v) is 1.95. The van der Waals surface area contributed by atoms with E-state index in [1.807, 2.05) is 0 Å². The highest BCUT2D eigenvalue weighted by molar-refractivity contribution is 5.68. The predicted octanol–water partition coefficient (Wildman–Crippen LogP) is -0.242. The summed E-state index contributed by atoms with van der Waals surface area (Å²) < 4.78 is 0. The van der Waals surface area contributed by atoms with Gasteiger partial charge in [0.25, 0.3) is 0 Å². The van der Waals surface area contributed by atoms with E-state index in [9.17, 15) is 4.79 Å². The first-order chi connectivity index (χ1) is 5.27. The fourth-order valence-corrected chi connectivity index (χ4v) is 0.440. The summed E-state index contributed by atoms with van der Waals surface area (Å²) in [6.45, 7) is 1.28. The van der Waals surface area contributed by atoms with E-state index >= 15 is 0 Å². The first-order valence-electron chi connectivity index (χ1n) is 3.43. The van der Waals surface area contributed by atoms with Gasteiger partial charge in [-0.2, -0.15) is 0 Å². The van der Waals surface area contributed by atoms with Crippen LogP contribution in [0, 0.1) is 0 Å². The summed E-state index contributed by atoms with van der Waals surface area (Å²) in [7, 11) is 0. The molecule has 0 atom stereocenters. The van der Waals surface area contributed by atoms with E-state index in [4.69, 9.17) is 5.11 Å². The normalized spacial score (nSPS) is 16.5. The molecule has 66 valence electrons. The lowest BCUT2D eigenvalue weighted by Crippen LogP contribution is -2.10. The molecule has 1 rings (SSSR count). The number of carboxylic acids is 1. The van der Waals surface area contributed by atoms with Gasteiger partial charge in [-0.3, -0.25) is 4.79 Å². The van der Waals surface area contributed by atoms with Gasteiger partial charge in [-0.25, -0.2) is 9.78 Å². The van der Waals surface area contributed by atoms with Crippen molar-refractivity contribution in [2.75, 3.05) is 19.8 Å². The van der Waals surface area contributed by atoms with Crippen molar-refractivity contribution in [2.24, 2.45) is 5.73 Å². The molecule has 1 aliphatic rings. The van der Waals surface area contributed by atoms with Crippen molar-refractivity contribution in [1.29, 1.82) is 0 Å². The highest BCUT2D eigenvalue weighted by atomic mass is 17.2. The highest BCUT2D eigenvalue weighted by Crippen LogP contribution is 1.97. The summed E-state index contributed by atoms with van der Waals surface area (Å²) in [5.41, 5.74) is 4.57. The molecule has 0 amide bonds. The van der Waals surface area contributed by atoms with Crippen molar-refractivity contribution in [3.05, 3.63) is 0 Å². The van der Waals surface area contributed by atoms with Crippen molar-refractivity contribution < 1.29 is 19.7 Å². The van der Waals surface area contributed by atoms with Gasteiger partial charge in [0, 0.05) is 0 Å². The zero-order valence-electron chi connectivity index (χ0n) is 6.28. The number of hydrogen-bond acceptors (Lipinski definition) is 4. The SMILES string of the molecule is C1CCOOC1.NCC(=O)O. The van der Waals surface area contributed by atoms with Crippen LogP contribution in [0.3, 0.4) is 0 Å². The maximum Gasteiger partial charge on any atom is 0.317 e. The number of carbonyl (C=O) groups is 1. The minimum absolute atomic E-state index is 0.278. The lowest BCUT2D eigenvalue weighted by atomic mass is 10.3. The van der Waals surface area contributed by atoms with Crippen LogP contribution in [0.25, 0.3) is 0 Å². The van der Waals surface area contributed by atoms with Crippen molar-refractivity contribution in [3.63, 3.8) is 0 Å². The maximum absolute atomic E-state index is 9.24. The van der Waals surface area contributed by atoms with Crippen molar-refractivity contribution in [3.8, 4) is 0 Å². The zero-order valence-corrected chi connectivity index (χ0v) is 6.28. The van der Waals surface area contributed by atoms with Gasteiger partial charge in [0.05, 0.1) is 19.8 Å². The second-order valence-electron chi connectivity index (χ2n) is 1.95. The topological polar surface area (TPSA) is 81.8 Å². The minimum atomic E-state index is -0.968. The summed E-state index contributed by atoms with van der Waals surface area (Å²) in [5.74, 6) is -0.968. The second kappa shape index (κ2) is 7.46. The molecule has 0 aromatic carbocycles.